The van der Waals surface area contributed by atoms with Crippen LogP contribution >= 0.6 is 11.6 Å². The second-order valence-corrected chi connectivity index (χ2v) is 9.05. The maximum Gasteiger partial charge on any atom is 0.217 e. The Balaban J connectivity index is 2.00. The minimum atomic E-state index is -1.20. The Labute approximate surface area is 200 Å². The van der Waals surface area contributed by atoms with Crippen LogP contribution in [0.3, 0.4) is 0 Å². The Hall–Kier alpha value is -2.92. The summed E-state index contributed by atoms with van der Waals surface area (Å²) in [4.78, 5) is 6.87. The van der Waals surface area contributed by atoms with Crippen molar-refractivity contribution in [1.82, 2.24) is 9.88 Å². The summed E-state index contributed by atoms with van der Waals surface area (Å²) in [5.74, 6) is 0.0877. The Kier molecular flexibility index (Phi) is 6.99. The fourth-order valence-electron chi connectivity index (χ4n) is 4.45. The second kappa shape index (κ2) is 9.92. The molecule has 4 nitrogen and oxygen atoms in total. The lowest BCUT2D eigenvalue weighted by Gasteiger charge is -2.39. The number of rotatable bonds is 8. The van der Waals surface area contributed by atoms with Gasteiger partial charge in [-0.25, -0.2) is 4.98 Å². The molecule has 5 heteroatoms. The molecule has 0 bridgehead atoms. The number of methoxy groups -OCH3 is 1. The summed E-state index contributed by atoms with van der Waals surface area (Å²) in [5, 5.41) is 14.1. The van der Waals surface area contributed by atoms with E-state index in [1.54, 1.807) is 7.11 Å². The molecule has 2 atom stereocenters. The van der Waals surface area contributed by atoms with Gasteiger partial charge in [-0.3, -0.25) is 0 Å². The third kappa shape index (κ3) is 4.88. The topological polar surface area (TPSA) is 45.6 Å². The molecule has 1 aromatic heterocycles. The first-order chi connectivity index (χ1) is 15.9. The molecule has 4 aromatic rings. The quantitative estimate of drug-likeness (QED) is 0.357. The van der Waals surface area contributed by atoms with Crippen molar-refractivity contribution in [3.05, 3.63) is 107 Å². The van der Waals surface area contributed by atoms with E-state index in [2.05, 4.69) is 17.0 Å². The van der Waals surface area contributed by atoms with Gasteiger partial charge >= 0.3 is 0 Å². The predicted octanol–water partition coefficient (Wildman–Crippen LogP) is 5.87. The second-order valence-electron chi connectivity index (χ2n) is 8.61. The fourth-order valence-corrected chi connectivity index (χ4v) is 4.63. The van der Waals surface area contributed by atoms with Gasteiger partial charge in [-0.05, 0) is 55.9 Å². The normalized spacial score (nSPS) is 14.2. The van der Waals surface area contributed by atoms with Gasteiger partial charge in [-0.2, -0.15) is 0 Å². The van der Waals surface area contributed by atoms with Crippen molar-refractivity contribution in [2.75, 3.05) is 27.7 Å². The van der Waals surface area contributed by atoms with E-state index in [1.807, 2.05) is 86.9 Å². The van der Waals surface area contributed by atoms with Crippen LogP contribution in [0.2, 0.25) is 5.02 Å². The molecule has 33 heavy (non-hydrogen) atoms. The molecule has 0 aliphatic heterocycles. The summed E-state index contributed by atoms with van der Waals surface area (Å²) in [7, 11) is 5.66. The smallest absolute Gasteiger partial charge is 0.217 e. The van der Waals surface area contributed by atoms with Crippen molar-refractivity contribution in [2.45, 2.75) is 17.9 Å². The Morgan fingerprint density at radius 3 is 2.27 bits per heavy atom. The Bertz CT molecular complexity index is 1210. The van der Waals surface area contributed by atoms with Crippen LogP contribution in [-0.4, -0.2) is 42.7 Å². The van der Waals surface area contributed by atoms with Gasteiger partial charge in [0.05, 0.1) is 12.6 Å². The van der Waals surface area contributed by atoms with Crippen LogP contribution in [0.5, 0.6) is 5.88 Å². The highest BCUT2D eigenvalue weighted by Crippen LogP contribution is 2.47. The average molecular weight is 461 g/mol. The lowest BCUT2D eigenvalue weighted by Crippen LogP contribution is -2.37. The van der Waals surface area contributed by atoms with Crippen LogP contribution < -0.4 is 4.74 Å². The van der Waals surface area contributed by atoms with Crippen LogP contribution in [0.4, 0.5) is 0 Å². The number of hydrogen-bond donors (Lipinski definition) is 1. The number of hydrogen-bond acceptors (Lipinski definition) is 4. The van der Waals surface area contributed by atoms with E-state index in [0.717, 1.165) is 27.6 Å². The maximum absolute atomic E-state index is 12.5. The molecule has 1 heterocycles. The molecule has 2 unspecified atom stereocenters. The van der Waals surface area contributed by atoms with Crippen LogP contribution in [-0.2, 0) is 5.60 Å². The number of ether oxygens (including phenoxy) is 1. The van der Waals surface area contributed by atoms with E-state index in [9.17, 15) is 5.11 Å². The fraction of sp³-hybridized carbons (Fsp3) is 0.250. The van der Waals surface area contributed by atoms with E-state index in [-0.39, 0.29) is 0 Å². The van der Waals surface area contributed by atoms with E-state index in [0.29, 0.717) is 23.9 Å². The van der Waals surface area contributed by atoms with Gasteiger partial charge in [-0.1, -0.05) is 72.3 Å². The monoisotopic (exact) mass is 460 g/mol. The van der Waals surface area contributed by atoms with Crippen molar-refractivity contribution < 1.29 is 9.84 Å². The van der Waals surface area contributed by atoms with Crippen molar-refractivity contribution in [3.8, 4) is 5.88 Å². The predicted molar refractivity (Wildman–Crippen MR) is 135 cm³/mol. The molecule has 0 fully saturated rings. The Morgan fingerprint density at radius 1 is 0.970 bits per heavy atom. The molecule has 3 aromatic carbocycles. The molecule has 170 valence electrons. The van der Waals surface area contributed by atoms with Crippen LogP contribution in [0.25, 0.3) is 10.9 Å². The van der Waals surface area contributed by atoms with Gasteiger partial charge in [0, 0.05) is 28.4 Å². The third-order valence-corrected chi connectivity index (χ3v) is 6.33. The van der Waals surface area contributed by atoms with Crippen LogP contribution in [0.15, 0.2) is 84.9 Å². The highest BCUT2D eigenvalue weighted by atomic mass is 35.5. The highest BCUT2D eigenvalue weighted by molar-refractivity contribution is 6.31. The molecule has 0 spiro atoms. The highest BCUT2D eigenvalue weighted by Gasteiger charge is 2.42. The standard InChI is InChI=1S/C28H29ClN2O2/c1-31(2)17-16-28(32,22-12-8-5-9-13-22)26(20-10-6-4-7-11-20)24-19-21-18-23(29)14-15-25(21)30-27(24)33-3/h4-15,18-19,26,32H,16-17H2,1-3H3. The first-order valence-electron chi connectivity index (χ1n) is 11.0. The number of halogens is 1. The maximum atomic E-state index is 12.5. The molecule has 0 saturated carbocycles. The number of aliphatic hydroxyl groups is 1. The van der Waals surface area contributed by atoms with Gasteiger partial charge in [0.1, 0.15) is 5.60 Å². The molecular weight excluding hydrogens is 432 g/mol. The molecule has 0 radical (unpaired) electrons. The largest absolute Gasteiger partial charge is 0.481 e. The van der Waals surface area contributed by atoms with Crippen molar-refractivity contribution in [1.29, 1.82) is 0 Å². The summed E-state index contributed by atoms with van der Waals surface area (Å²) in [6.07, 6.45) is 0.528. The van der Waals surface area contributed by atoms with Crippen molar-refractivity contribution in [2.24, 2.45) is 0 Å². The van der Waals surface area contributed by atoms with Gasteiger partial charge < -0.3 is 14.7 Å². The molecule has 0 aliphatic rings. The number of pyridine rings is 1. The zero-order valence-electron chi connectivity index (χ0n) is 19.2. The minimum absolute atomic E-state index is 0.410. The SMILES string of the molecule is COc1nc2ccc(Cl)cc2cc1C(c1ccccc1)C(O)(CCN(C)C)c1ccccc1. The molecule has 0 saturated heterocycles. The summed E-state index contributed by atoms with van der Waals surface area (Å²) in [6.45, 7) is 0.712. The number of fused-ring (bicyclic) bond motifs is 1. The number of benzene rings is 3. The Morgan fingerprint density at radius 2 is 1.64 bits per heavy atom. The lowest BCUT2D eigenvalue weighted by atomic mass is 9.71. The molecule has 0 amide bonds. The van der Waals surface area contributed by atoms with E-state index in [1.165, 1.54) is 0 Å². The lowest BCUT2D eigenvalue weighted by molar-refractivity contribution is 0.00380. The van der Waals surface area contributed by atoms with Gasteiger partial charge in [-0.15, -0.1) is 0 Å². The number of nitrogens with zero attached hydrogens (tertiary/aromatic N) is 2. The van der Waals surface area contributed by atoms with E-state index < -0.39 is 11.5 Å². The molecule has 0 aliphatic carbocycles. The number of aromatic nitrogens is 1. The van der Waals surface area contributed by atoms with E-state index >= 15 is 0 Å². The zero-order valence-corrected chi connectivity index (χ0v) is 20.0. The van der Waals surface area contributed by atoms with Crippen LogP contribution in [0.1, 0.15) is 29.0 Å². The van der Waals surface area contributed by atoms with Gasteiger partial charge in [0.25, 0.3) is 0 Å². The average Bonchev–Trinajstić information content (AvgIpc) is 2.83. The summed E-state index contributed by atoms with van der Waals surface area (Å²) in [5.41, 5.74) is 2.26. The van der Waals surface area contributed by atoms with Crippen molar-refractivity contribution in [3.63, 3.8) is 0 Å². The third-order valence-electron chi connectivity index (χ3n) is 6.10. The minimum Gasteiger partial charge on any atom is -0.481 e. The van der Waals surface area contributed by atoms with Crippen LogP contribution in [0, 0.1) is 0 Å². The van der Waals surface area contributed by atoms with E-state index in [4.69, 9.17) is 21.3 Å². The van der Waals surface area contributed by atoms with Gasteiger partial charge in [0.2, 0.25) is 5.88 Å². The first kappa shape index (κ1) is 23.2. The summed E-state index contributed by atoms with van der Waals surface area (Å²) < 4.78 is 5.78. The molecular formula is C28H29ClN2O2. The molecule has 4 rings (SSSR count). The summed E-state index contributed by atoms with van der Waals surface area (Å²) >= 11 is 6.30. The summed E-state index contributed by atoms with van der Waals surface area (Å²) in [6, 6.07) is 27.6. The molecule has 1 N–H and O–H groups in total. The van der Waals surface area contributed by atoms with Crippen molar-refractivity contribution >= 4 is 22.5 Å². The zero-order chi connectivity index (χ0) is 23.4. The first-order valence-corrected chi connectivity index (χ1v) is 11.4. The van der Waals surface area contributed by atoms with Gasteiger partial charge in [0.15, 0.2) is 0 Å².